The van der Waals surface area contributed by atoms with E-state index in [0.717, 1.165) is 5.57 Å². The summed E-state index contributed by atoms with van der Waals surface area (Å²) in [4.78, 5) is 64.2. The molecule has 196 valence electrons. The van der Waals surface area contributed by atoms with Crippen LogP contribution in [0.15, 0.2) is 90.5 Å². The first-order chi connectivity index (χ1) is 18.8. The number of benzene rings is 3. The summed E-state index contributed by atoms with van der Waals surface area (Å²) >= 11 is 0. The van der Waals surface area contributed by atoms with Crippen LogP contribution in [-0.2, 0) is 14.3 Å². The van der Waals surface area contributed by atoms with Gasteiger partial charge >= 0.3 is 5.97 Å². The molecule has 1 aliphatic heterocycles. The first-order valence-corrected chi connectivity index (χ1v) is 12.6. The molecular weight excluding hydrogens is 496 g/mol. The van der Waals surface area contributed by atoms with Gasteiger partial charge in [-0.15, -0.1) is 0 Å². The smallest absolute Gasteiger partial charge is 0.338 e. The summed E-state index contributed by atoms with van der Waals surface area (Å²) in [5.41, 5.74) is 3.06. The molecule has 0 saturated carbocycles. The van der Waals surface area contributed by atoms with Crippen molar-refractivity contribution in [3.63, 3.8) is 0 Å². The van der Waals surface area contributed by atoms with E-state index in [0.29, 0.717) is 35.3 Å². The minimum atomic E-state index is -0.649. The Hall–Kier alpha value is -4.85. The number of rotatable bonds is 7. The van der Waals surface area contributed by atoms with E-state index in [4.69, 9.17) is 4.74 Å². The summed E-state index contributed by atoms with van der Waals surface area (Å²) in [5, 5.41) is 2.75. The Kier molecular flexibility index (Phi) is 7.19. The number of carbonyl (C=O) groups excluding carboxylic acids is 5. The molecule has 3 aromatic rings. The van der Waals surface area contributed by atoms with Gasteiger partial charge in [-0.25, -0.2) is 4.79 Å². The molecule has 0 aromatic heterocycles. The van der Waals surface area contributed by atoms with Crippen LogP contribution in [0.3, 0.4) is 0 Å². The van der Waals surface area contributed by atoms with E-state index in [1.165, 1.54) is 17.0 Å². The second-order valence-corrected chi connectivity index (χ2v) is 9.66. The third-order valence-electron chi connectivity index (χ3n) is 7.02. The predicted octanol–water partition coefficient (Wildman–Crippen LogP) is 4.82. The van der Waals surface area contributed by atoms with Crippen molar-refractivity contribution in [2.75, 3.05) is 16.8 Å². The van der Waals surface area contributed by atoms with Crippen LogP contribution in [0.1, 0.15) is 50.8 Å². The van der Waals surface area contributed by atoms with Gasteiger partial charge in [0.25, 0.3) is 5.91 Å². The van der Waals surface area contributed by atoms with E-state index in [1.807, 2.05) is 13.0 Å². The lowest BCUT2D eigenvalue weighted by molar-refractivity contribution is -0.122. The summed E-state index contributed by atoms with van der Waals surface area (Å²) in [6.07, 6.45) is 3.18. The maximum Gasteiger partial charge on any atom is 0.338 e. The van der Waals surface area contributed by atoms with Crippen LogP contribution in [-0.4, -0.2) is 36.1 Å². The Bertz CT molecular complexity index is 1480. The quantitative estimate of drug-likeness (QED) is 0.206. The molecule has 5 rings (SSSR count). The first-order valence-electron chi connectivity index (χ1n) is 12.6. The Morgan fingerprint density at radius 2 is 1.46 bits per heavy atom. The van der Waals surface area contributed by atoms with Gasteiger partial charge in [0.2, 0.25) is 11.8 Å². The monoisotopic (exact) mass is 522 g/mol. The molecule has 0 unspecified atom stereocenters. The number of fused-ring (bicyclic) bond motifs is 1. The van der Waals surface area contributed by atoms with E-state index < -0.39 is 11.9 Å². The lowest BCUT2D eigenvalue weighted by atomic mass is 9.82. The fourth-order valence-corrected chi connectivity index (χ4v) is 4.87. The Morgan fingerprint density at radius 1 is 0.821 bits per heavy atom. The number of ether oxygens (including phenoxy) is 1. The maximum atomic E-state index is 12.9. The summed E-state index contributed by atoms with van der Waals surface area (Å²) < 4.78 is 5.11. The molecule has 0 radical (unpaired) electrons. The standard InChI is InChI=1S/C31H26N2O6/c1-19-7-16-25-26(17-19)30(37)33(29(25)36)24-14-10-21(11-15-24)28(35)32-23-12-8-22(9-13-23)31(38)39-18-27(34)20-5-3-2-4-6-20/h2-15,25-26H,16-18H2,1H3,(H,32,35)/t25-,26-/m1/s1. The van der Waals surface area contributed by atoms with E-state index in [1.54, 1.807) is 66.7 Å². The normalized spacial score (nSPS) is 18.3. The van der Waals surface area contributed by atoms with Gasteiger partial charge < -0.3 is 10.1 Å². The van der Waals surface area contributed by atoms with Crippen LogP contribution < -0.4 is 10.2 Å². The zero-order valence-electron chi connectivity index (χ0n) is 21.3. The summed E-state index contributed by atoms with van der Waals surface area (Å²) in [6.45, 7) is 1.60. The summed E-state index contributed by atoms with van der Waals surface area (Å²) in [5.74, 6) is -2.39. The van der Waals surface area contributed by atoms with Crippen molar-refractivity contribution in [2.45, 2.75) is 19.8 Å². The van der Waals surface area contributed by atoms with Crippen molar-refractivity contribution in [1.29, 1.82) is 0 Å². The molecule has 2 aliphatic rings. The van der Waals surface area contributed by atoms with Gasteiger partial charge in [0.1, 0.15) is 0 Å². The number of esters is 1. The fourth-order valence-electron chi connectivity index (χ4n) is 4.87. The largest absolute Gasteiger partial charge is 0.454 e. The number of allylic oxidation sites excluding steroid dienone is 2. The van der Waals surface area contributed by atoms with E-state index in [9.17, 15) is 24.0 Å². The number of Topliss-reactive ketones (excluding diaryl/α,β-unsaturated/α-hetero) is 1. The van der Waals surface area contributed by atoms with Crippen LogP contribution in [0.25, 0.3) is 0 Å². The highest BCUT2D eigenvalue weighted by molar-refractivity contribution is 6.22. The topological polar surface area (TPSA) is 110 Å². The highest BCUT2D eigenvalue weighted by atomic mass is 16.5. The molecule has 39 heavy (non-hydrogen) atoms. The minimum absolute atomic E-state index is 0.197. The number of carbonyl (C=O) groups is 5. The van der Waals surface area contributed by atoms with Gasteiger partial charge in [0.15, 0.2) is 12.4 Å². The molecule has 8 heteroatoms. The number of amides is 3. The summed E-state index contributed by atoms with van der Waals surface area (Å²) in [7, 11) is 0. The van der Waals surface area contributed by atoms with Crippen molar-refractivity contribution in [1.82, 2.24) is 0 Å². The van der Waals surface area contributed by atoms with Crippen LogP contribution in [0.4, 0.5) is 11.4 Å². The van der Waals surface area contributed by atoms with Crippen molar-refractivity contribution >= 4 is 40.8 Å². The lowest BCUT2D eigenvalue weighted by Gasteiger charge is -2.18. The highest BCUT2D eigenvalue weighted by Crippen LogP contribution is 2.39. The number of anilines is 2. The maximum absolute atomic E-state index is 12.9. The van der Waals surface area contributed by atoms with E-state index >= 15 is 0 Å². The van der Waals surface area contributed by atoms with Gasteiger partial charge in [-0.2, -0.15) is 0 Å². The van der Waals surface area contributed by atoms with Crippen molar-refractivity contribution in [2.24, 2.45) is 11.8 Å². The summed E-state index contributed by atoms with van der Waals surface area (Å²) in [6, 6.07) is 21.0. The minimum Gasteiger partial charge on any atom is -0.454 e. The van der Waals surface area contributed by atoms with Crippen molar-refractivity contribution in [3.05, 3.63) is 107 Å². The third-order valence-corrected chi connectivity index (χ3v) is 7.02. The first kappa shape index (κ1) is 25.8. The molecule has 1 N–H and O–H groups in total. The van der Waals surface area contributed by atoms with Crippen molar-refractivity contribution in [3.8, 4) is 0 Å². The fraction of sp³-hybridized carbons (Fsp3) is 0.194. The molecule has 3 aromatic carbocycles. The van der Waals surface area contributed by atoms with Gasteiger partial charge in [0.05, 0.1) is 23.1 Å². The van der Waals surface area contributed by atoms with Gasteiger partial charge in [-0.1, -0.05) is 42.0 Å². The van der Waals surface area contributed by atoms with Crippen LogP contribution >= 0.6 is 0 Å². The van der Waals surface area contributed by atoms with E-state index in [2.05, 4.69) is 5.32 Å². The lowest BCUT2D eigenvalue weighted by Crippen LogP contribution is -2.30. The Morgan fingerprint density at radius 3 is 2.15 bits per heavy atom. The predicted molar refractivity (Wildman–Crippen MR) is 144 cm³/mol. The Labute approximate surface area is 225 Å². The molecule has 1 saturated heterocycles. The molecule has 8 nitrogen and oxygen atoms in total. The molecule has 1 heterocycles. The average molecular weight is 523 g/mol. The second-order valence-electron chi connectivity index (χ2n) is 9.66. The molecule has 1 aliphatic carbocycles. The number of nitrogens with one attached hydrogen (secondary N) is 1. The number of imide groups is 1. The molecule has 0 spiro atoms. The van der Waals surface area contributed by atoms with Gasteiger partial charge in [0, 0.05) is 16.8 Å². The third kappa shape index (κ3) is 5.40. The number of hydrogen-bond acceptors (Lipinski definition) is 6. The van der Waals surface area contributed by atoms with Gasteiger partial charge in [-0.05, 0) is 68.3 Å². The molecule has 3 amide bonds. The van der Waals surface area contributed by atoms with Crippen LogP contribution in [0, 0.1) is 11.8 Å². The average Bonchev–Trinajstić information content (AvgIpc) is 3.21. The highest BCUT2D eigenvalue weighted by Gasteiger charge is 2.48. The Balaban J connectivity index is 1.17. The number of nitrogens with zero attached hydrogens (tertiary/aromatic N) is 1. The van der Waals surface area contributed by atoms with E-state index in [-0.39, 0.29) is 41.6 Å². The van der Waals surface area contributed by atoms with Gasteiger partial charge in [-0.3, -0.25) is 24.1 Å². The van der Waals surface area contributed by atoms with Crippen LogP contribution in [0.2, 0.25) is 0 Å². The second kappa shape index (κ2) is 10.9. The SMILES string of the molecule is CC1=CC[C@H]2C(=O)N(c3ccc(C(=O)Nc4ccc(C(=O)OCC(=O)c5ccccc5)cc4)cc3)C(=O)[C@@H]2C1. The zero-order valence-corrected chi connectivity index (χ0v) is 21.3. The van der Waals surface area contributed by atoms with Crippen molar-refractivity contribution < 1.29 is 28.7 Å². The zero-order chi connectivity index (χ0) is 27.5. The number of hydrogen-bond donors (Lipinski definition) is 1. The molecular formula is C31H26N2O6. The molecule has 1 fully saturated rings. The molecule has 2 atom stereocenters. The van der Waals surface area contributed by atoms with Crippen LogP contribution in [0.5, 0.6) is 0 Å². The molecule has 0 bridgehead atoms. The number of ketones is 1.